The average Bonchev–Trinajstić information content (AvgIpc) is 2.64. The quantitative estimate of drug-likeness (QED) is 0.254. The fourth-order valence-electron chi connectivity index (χ4n) is 2.47. The first-order valence-corrected chi connectivity index (χ1v) is 9.59. The molecule has 2 aromatic rings. The predicted octanol–water partition coefficient (Wildman–Crippen LogP) is 2.49. The Morgan fingerprint density at radius 1 is 1.23 bits per heavy atom. The van der Waals surface area contributed by atoms with Crippen molar-refractivity contribution in [1.29, 1.82) is 0 Å². The van der Waals surface area contributed by atoms with Crippen LogP contribution in [0, 0.1) is 0 Å². The second kappa shape index (κ2) is 9.24. The molecule has 8 nitrogen and oxygen atoms in total. The first-order valence-electron chi connectivity index (χ1n) is 8.00. The number of nitrogens with one attached hydrogen (secondary N) is 2. The van der Waals surface area contributed by atoms with E-state index in [0.717, 1.165) is 6.07 Å². The van der Waals surface area contributed by atoms with E-state index in [1.165, 1.54) is 31.4 Å². The summed E-state index contributed by atoms with van der Waals surface area (Å²) < 4.78 is 58.2. The number of methoxy groups -OCH3 is 1. The zero-order valence-electron chi connectivity index (χ0n) is 15.5. The number of guanidine groups is 1. The van der Waals surface area contributed by atoms with E-state index >= 15 is 0 Å². The number of alkyl halides is 3. The summed E-state index contributed by atoms with van der Waals surface area (Å²) >= 11 is 6.17. The molecule has 0 saturated carbocycles. The highest BCUT2D eigenvalue weighted by Crippen LogP contribution is 2.44. The molecule has 1 unspecified atom stereocenters. The smallest absolute Gasteiger partial charge is 0.417 e. The van der Waals surface area contributed by atoms with Crippen molar-refractivity contribution in [2.75, 3.05) is 7.11 Å². The van der Waals surface area contributed by atoms with Crippen LogP contribution in [0.5, 0.6) is 5.75 Å². The van der Waals surface area contributed by atoms with E-state index in [1.807, 2.05) is 0 Å². The minimum atomic E-state index is -4.78. The lowest BCUT2D eigenvalue weighted by molar-refractivity contribution is -0.137. The average molecular weight is 463 g/mol. The molecule has 2 aromatic carbocycles. The van der Waals surface area contributed by atoms with Gasteiger partial charge in [0.15, 0.2) is 0 Å². The minimum Gasteiger partial charge on any atom is -0.495 e. The van der Waals surface area contributed by atoms with Crippen molar-refractivity contribution < 1.29 is 22.1 Å². The van der Waals surface area contributed by atoms with E-state index in [1.54, 1.807) is 0 Å². The first-order chi connectivity index (χ1) is 13.9. The third-order valence-corrected chi connectivity index (χ3v) is 4.70. The summed E-state index contributed by atoms with van der Waals surface area (Å²) in [5.74, 6) is -0.0905. The lowest BCUT2D eigenvalue weighted by Gasteiger charge is -2.17. The van der Waals surface area contributed by atoms with Gasteiger partial charge in [-0.2, -0.15) is 13.2 Å². The third kappa shape index (κ3) is 5.55. The van der Waals surface area contributed by atoms with Crippen molar-refractivity contribution in [3.8, 4) is 16.9 Å². The molecule has 0 amide bonds. The molecule has 0 spiro atoms. The predicted molar refractivity (Wildman–Crippen MR) is 110 cm³/mol. The van der Waals surface area contributed by atoms with E-state index < -0.39 is 22.7 Å². The van der Waals surface area contributed by atoms with Crippen LogP contribution in [0.25, 0.3) is 11.1 Å². The second-order valence-electron chi connectivity index (χ2n) is 5.78. The molecule has 0 aliphatic heterocycles. The number of hydrogen-bond acceptors (Lipinski definition) is 5. The molecule has 162 valence electrons. The van der Waals surface area contributed by atoms with Gasteiger partial charge in [-0.15, -0.1) is 0 Å². The fourth-order valence-corrected chi connectivity index (χ4v) is 3.39. The molecule has 0 aliphatic rings. The van der Waals surface area contributed by atoms with Gasteiger partial charge in [0, 0.05) is 5.56 Å². The fraction of sp³-hybridized carbons (Fsp3) is 0.118. The summed E-state index contributed by atoms with van der Waals surface area (Å²) in [5, 5.41) is 5.15. The molecule has 0 heterocycles. The van der Waals surface area contributed by atoms with E-state index in [9.17, 15) is 17.4 Å². The van der Waals surface area contributed by atoms with Crippen molar-refractivity contribution >= 4 is 34.2 Å². The van der Waals surface area contributed by atoms with Gasteiger partial charge in [-0.1, -0.05) is 24.2 Å². The highest BCUT2D eigenvalue weighted by atomic mass is 35.5. The SMILES string of the molecule is C=C(N)NNC(N)=Nc1cc(Cl)c(-c2ccc(OC)c(S(N)=O)c2)c(C(F)(F)F)c1. The summed E-state index contributed by atoms with van der Waals surface area (Å²) in [7, 11) is -0.679. The molecule has 0 aliphatic carbocycles. The number of aliphatic imine (C=N–C) groups is 1. The summed E-state index contributed by atoms with van der Waals surface area (Å²) in [6.45, 7) is 3.36. The van der Waals surface area contributed by atoms with E-state index in [0.29, 0.717) is 0 Å². The molecule has 2 rings (SSSR count). The number of nitrogens with two attached hydrogens (primary N) is 3. The summed E-state index contributed by atoms with van der Waals surface area (Å²) in [5.41, 5.74) is 14.1. The zero-order valence-corrected chi connectivity index (χ0v) is 17.1. The van der Waals surface area contributed by atoms with Crippen LogP contribution < -0.4 is 32.2 Å². The number of nitrogens with zero attached hydrogens (tertiary/aromatic N) is 1. The first kappa shape index (κ1) is 23.3. The standard InChI is InChI=1S/C17H18ClF3N6O2S/c1-8(22)26-27-16(23)25-10-6-11(17(19,20)21)15(12(18)7-10)9-3-4-13(29-2)14(5-9)30(24)28/h3-7,26H,1,22,24H2,2H3,(H3,23,25,27). The van der Waals surface area contributed by atoms with Gasteiger partial charge in [0.1, 0.15) is 22.6 Å². The Hall–Kier alpha value is -2.96. The Labute approximate surface area is 177 Å². The normalized spacial score (nSPS) is 12.9. The lowest BCUT2D eigenvalue weighted by atomic mass is 9.98. The molecule has 30 heavy (non-hydrogen) atoms. The van der Waals surface area contributed by atoms with Gasteiger partial charge < -0.3 is 16.2 Å². The van der Waals surface area contributed by atoms with Gasteiger partial charge in [-0.3, -0.25) is 10.9 Å². The molecule has 0 radical (unpaired) electrons. The van der Waals surface area contributed by atoms with Crippen molar-refractivity contribution in [2.45, 2.75) is 11.1 Å². The van der Waals surface area contributed by atoms with Crippen LogP contribution >= 0.6 is 11.6 Å². The molecule has 1 atom stereocenters. The molecular weight excluding hydrogens is 445 g/mol. The lowest BCUT2D eigenvalue weighted by Crippen LogP contribution is -2.43. The topological polar surface area (TPSA) is 141 Å². The van der Waals surface area contributed by atoms with Gasteiger partial charge in [0.25, 0.3) is 0 Å². The molecule has 13 heteroatoms. The maximum Gasteiger partial charge on any atom is 0.417 e. The Morgan fingerprint density at radius 2 is 1.90 bits per heavy atom. The highest BCUT2D eigenvalue weighted by Gasteiger charge is 2.35. The minimum absolute atomic E-state index is 0.0165. The van der Waals surface area contributed by atoms with Gasteiger partial charge in [-0.05, 0) is 29.8 Å². The van der Waals surface area contributed by atoms with Gasteiger partial charge in [0.2, 0.25) is 5.96 Å². The number of halogens is 4. The summed E-state index contributed by atoms with van der Waals surface area (Å²) in [6.07, 6.45) is -4.78. The van der Waals surface area contributed by atoms with Crippen LogP contribution in [0.3, 0.4) is 0 Å². The van der Waals surface area contributed by atoms with E-state index in [2.05, 4.69) is 22.4 Å². The van der Waals surface area contributed by atoms with Crippen LogP contribution in [0.2, 0.25) is 5.02 Å². The molecular formula is C17H18ClF3N6O2S. The van der Waals surface area contributed by atoms with Crippen molar-refractivity contribution in [3.63, 3.8) is 0 Å². The van der Waals surface area contributed by atoms with Crippen LogP contribution in [0.15, 0.2) is 52.6 Å². The third-order valence-electron chi connectivity index (χ3n) is 3.65. The Balaban J connectivity index is 2.64. The number of ether oxygens (including phenoxy) is 1. The Bertz CT molecular complexity index is 1030. The van der Waals surface area contributed by atoms with Crippen molar-refractivity contribution in [3.05, 3.63) is 53.3 Å². The number of rotatable bonds is 6. The highest BCUT2D eigenvalue weighted by molar-refractivity contribution is 7.82. The molecule has 8 N–H and O–H groups in total. The maximum atomic E-state index is 13.8. The van der Waals surface area contributed by atoms with Gasteiger partial charge in [0.05, 0.1) is 28.3 Å². The van der Waals surface area contributed by atoms with Gasteiger partial charge >= 0.3 is 6.18 Å². The number of hydrazine groups is 1. The molecule has 0 fully saturated rings. The van der Waals surface area contributed by atoms with Crippen LogP contribution in [-0.4, -0.2) is 17.3 Å². The monoisotopic (exact) mass is 462 g/mol. The number of hydrogen-bond donors (Lipinski definition) is 5. The summed E-state index contributed by atoms with van der Waals surface area (Å²) in [4.78, 5) is 3.84. The van der Waals surface area contributed by atoms with Crippen molar-refractivity contribution in [1.82, 2.24) is 10.9 Å². The second-order valence-corrected chi connectivity index (χ2v) is 7.23. The van der Waals surface area contributed by atoms with E-state index in [4.69, 9.17) is 32.9 Å². The van der Waals surface area contributed by atoms with Crippen LogP contribution in [-0.2, 0) is 17.2 Å². The van der Waals surface area contributed by atoms with Crippen molar-refractivity contribution in [2.24, 2.45) is 21.6 Å². The number of benzene rings is 2. The molecule has 0 bridgehead atoms. The largest absolute Gasteiger partial charge is 0.495 e. The molecule has 0 aromatic heterocycles. The van der Waals surface area contributed by atoms with E-state index in [-0.39, 0.29) is 44.3 Å². The van der Waals surface area contributed by atoms with Crippen LogP contribution in [0.4, 0.5) is 18.9 Å². The Morgan fingerprint density at radius 3 is 2.43 bits per heavy atom. The Kier molecular flexibility index (Phi) is 7.18. The maximum absolute atomic E-state index is 13.8. The van der Waals surface area contributed by atoms with Crippen LogP contribution in [0.1, 0.15) is 5.56 Å². The summed E-state index contributed by atoms with van der Waals surface area (Å²) in [6, 6.07) is 5.89. The zero-order chi connectivity index (χ0) is 22.6. The molecule has 0 saturated heterocycles. The van der Waals surface area contributed by atoms with Gasteiger partial charge in [-0.25, -0.2) is 14.3 Å².